The van der Waals surface area contributed by atoms with Crippen molar-refractivity contribution in [1.29, 1.82) is 0 Å². The van der Waals surface area contributed by atoms with Crippen LogP contribution in [0.2, 0.25) is 0 Å². The van der Waals surface area contributed by atoms with Crippen LogP contribution in [0.5, 0.6) is 0 Å². The average molecular weight is 147 g/mol. The lowest BCUT2D eigenvalue weighted by Gasteiger charge is -1.87. The van der Waals surface area contributed by atoms with E-state index in [-0.39, 0.29) is 0 Å². The normalized spacial score (nSPS) is 9.82. The molecule has 0 radical (unpaired) electrons. The van der Waals surface area contributed by atoms with Crippen molar-refractivity contribution in [3.05, 3.63) is 37.3 Å². The number of nitrogens with zero attached hydrogens (tertiary/aromatic N) is 3. The van der Waals surface area contributed by atoms with Crippen LogP contribution in [-0.2, 0) is 0 Å². The van der Waals surface area contributed by atoms with E-state index in [1.165, 1.54) is 6.33 Å². The lowest BCUT2D eigenvalue weighted by molar-refractivity contribution is -0.598. The van der Waals surface area contributed by atoms with Crippen molar-refractivity contribution in [2.45, 2.75) is 0 Å². The predicted octanol–water partition coefficient (Wildman–Crippen LogP) is 0.0814. The van der Waals surface area contributed by atoms with Crippen LogP contribution in [0.4, 0.5) is 0 Å². The molecule has 11 heavy (non-hydrogen) atoms. The monoisotopic (exact) mass is 147 g/mol. The van der Waals surface area contributed by atoms with Crippen molar-refractivity contribution < 1.29 is 4.57 Å². The first kappa shape index (κ1) is 6.03. The second-order valence-corrected chi connectivity index (χ2v) is 2.09. The van der Waals surface area contributed by atoms with E-state index in [9.17, 15) is 0 Å². The van der Waals surface area contributed by atoms with E-state index >= 15 is 0 Å². The van der Waals surface area contributed by atoms with Gasteiger partial charge in [-0.2, -0.15) is 0 Å². The van der Waals surface area contributed by atoms with Crippen LogP contribution in [0.15, 0.2) is 37.3 Å². The minimum absolute atomic E-state index is 0.862. The fourth-order valence-electron chi connectivity index (χ4n) is 0.869. The zero-order valence-corrected chi connectivity index (χ0v) is 5.81. The quantitative estimate of drug-likeness (QED) is 0.581. The smallest absolute Gasteiger partial charge is 0.270 e. The van der Waals surface area contributed by atoms with Gasteiger partial charge in [0.1, 0.15) is 6.20 Å². The highest BCUT2D eigenvalue weighted by Crippen LogP contribution is 1.87. The number of H-pyrrole nitrogens is 1. The number of rotatable bonds is 1. The van der Waals surface area contributed by atoms with E-state index in [2.05, 4.69) is 15.0 Å². The van der Waals surface area contributed by atoms with Crippen LogP contribution in [0, 0.1) is 0 Å². The van der Waals surface area contributed by atoms with Gasteiger partial charge in [0.25, 0.3) is 5.82 Å². The highest BCUT2D eigenvalue weighted by atomic mass is 15.1. The van der Waals surface area contributed by atoms with Crippen LogP contribution < -0.4 is 4.57 Å². The first-order chi connectivity index (χ1) is 5.47. The molecule has 2 aromatic rings. The van der Waals surface area contributed by atoms with Gasteiger partial charge >= 0.3 is 0 Å². The van der Waals surface area contributed by atoms with Crippen molar-refractivity contribution in [3.8, 4) is 5.82 Å². The van der Waals surface area contributed by atoms with E-state index in [1.54, 1.807) is 6.20 Å². The second-order valence-electron chi connectivity index (χ2n) is 2.09. The lowest BCUT2D eigenvalue weighted by Crippen LogP contribution is -2.28. The number of aromatic amines is 1. The molecule has 0 aromatic carbocycles. The van der Waals surface area contributed by atoms with E-state index < -0.39 is 0 Å². The Morgan fingerprint density at radius 2 is 2.45 bits per heavy atom. The summed E-state index contributed by atoms with van der Waals surface area (Å²) in [6.45, 7) is 0. The predicted molar refractivity (Wildman–Crippen MR) is 37.9 cm³/mol. The first-order valence-electron chi connectivity index (χ1n) is 3.27. The Morgan fingerprint density at radius 3 is 3.09 bits per heavy atom. The molecule has 0 atom stereocenters. The van der Waals surface area contributed by atoms with E-state index in [0.29, 0.717) is 0 Å². The number of nitrogens with one attached hydrogen (secondary N) is 1. The molecule has 0 spiro atoms. The summed E-state index contributed by atoms with van der Waals surface area (Å²) in [4.78, 5) is 10.8. The summed E-state index contributed by atoms with van der Waals surface area (Å²) in [6, 6.07) is 1.84. The molecule has 4 nitrogen and oxygen atoms in total. The van der Waals surface area contributed by atoms with Gasteiger partial charge in [0, 0.05) is 12.3 Å². The molecule has 1 N–H and O–H groups in total. The third kappa shape index (κ3) is 1.10. The van der Waals surface area contributed by atoms with Gasteiger partial charge in [-0.05, 0) is 0 Å². The minimum Gasteiger partial charge on any atom is -0.283 e. The third-order valence-corrected chi connectivity index (χ3v) is 1.38. The molecule has 0 bridgehead atoms. The SMILES string of the molecule is c1cc(-[n+]2cc[nH]c2)ncn1. The Bertz CT molecular complexity index is 313. The van der Waals surface area contributed by atoms with Crippen LogP contribution in [0.3, 0.4) is 0 Å². The summed E-state index contributed by atoms with van der Waals surface area (Å²) < 4.78 is 1.88. The van der Waals surface area contributed by atoms with Gasteiger partial charge in [0.2, 0.25) is 0 Å². The van der Waals surface area contributed by atoms with Crippen molar-refractivity contribution in [3.63, 3.8) is 0 Å². The number of hydrogen-bond donors (Lipinski definition) is 1. The maximum atomic E-state index is 4.05. The largest absolute Gasteiger partial charge is 0.283 e. The van der Waals surface area contributed by atoms with Gasteiger partial charge in [0.05, 0.1) is 6.20 Å². The molecular weight excluding hydrogens is 140 g/mol. The average Bonchev–Trinajstić information content (AvgIpc) is 2.58. The molecule has 54 valence electrons. The Balaban J connectivity index is 2.46. The second kappa shape index (κ2) is 2.49. The molecule has 2 heterocycles. The Hall–Kier alpha value is -1.71. The molecule has 0 aliphatic carbocycles. The molecule has 0 fully saturated rings. The van der Waals surface area contributed by atoms with Gasteiger partial charge in [0.15, 0.2) is 12.7 Å². The number of hydrogen-bond acceptors (Lipinski definition) is 2. The van der Waals surface area contributed by atoms with Crippen molar-refractivity contribution in [1.82, 2.24) is 15.0 Å². The van der Waals surface area contributed by atoms with Gasteiger partial charge in [-0.3, -0.25) is 4.98 Å². The summed E-state index contributed by atoms with van der Waals surface area (Å²) in [5.41, 5.74) is 0. The summed E-state index contributed by atoms with van der Waals surface area (Å²) in [7, 11) is 0. The Labute approximate surface area is 63.6 Å². The minimum atomic E-state index is 0.862. The molecule has 0 unspecified atom stereocenters. The molecule has 0 aliphatic rings. The third-order valence-electron chi connectivity index (χ3n) is 1.38. The Morgan fingerprint density at radius 1 is 1.45 bits per heavy atom. The topological polar surface area (TPSA) is 45.5 Å². The maximum Gasteiger partial charge on any atom is 0.270 e. The molecule has 2 rings (SSSR count). The van der Waals surface area contributed by atoms with Crippen LogP contribution in [0.25, 0.3) is 5.82 Å². The Kier molecular flexibility index (Phi) is 1.37. The number of aromatic nitrogens is 4. The van der Waals surface area contributed by atoms with Crippen LogP contribution >= 0.6 is 0 Å². The van der Waals surface area contributed by atoms with Crippen molar-refractivity contribution in [2.24, 2.45) is 0 Å². The summed E-state index contributed by atoms with van der Waals surface area (Å²) in [5, 5.41) is 0. The van der Waals surface area contributed by atoms with E-state index in [0.717, 1.165) is 5.82 Å². The zero-order chi connectivity index (χ0) is 7.52. The van der Waals surface area contributed by atoms with Crippen molar-refractivity contribution in [2.75, 3.05) is 0 Å². The van der Waals surface area contributed by atoms with Gasteiger partial charge in [-0.1, -0.05) is 4.98 Å². The van der Waals surface area contributed by atoms with Gasteiger partial charge in [-0.15, -0.1) is 0 Å². The lowest BCUT2D eigenvalue weighted by atomic mass is 10.6. The summed E-state index contributed by atoms with van der Waals surface area (Å²) >= 11 is 0. The highest BCUT2D eigenvalue weighted by Gasteiger charge is 2.00. The van der Waals surface area contributed by atoms with E-state index in [1.807, 2.05) is 29.4 Å². The fourth-order valence-corrected chi connectivity index (χ4v) is 0.869. The molecule has 0 saturated carbocycles. The number of imidazole rings is 1. The van der Waals surface area contributed by atoms with Gasteiger partial charge < -0.3 is 0 Å². The molecule has 2 aromatic heterocycles. The highest BCUT2D eigenvalue weighted by molar-refractivity contribution is 5.04. The standard InChI is InChI=1S/C7H6N4/c1-2-8-5-10-7(1)11-4-3-9-6-11/h1-6H/p+1. The summed E-state index contributed by atoms with van der Waals surface area (Å²) in [6.07, 6.45) is 8.78. The molecule has 0 amide bonds. The van der Waals surface area contributed by atoms with E-state index in [4.69, 9.17) is 0 Å². The first-order valence-corrected chi connectivity index (χ1v) is 3.27. The fraction of sp³-hybridized carbons (Fsp3) is 0. The van der Waals surface area contributed by atoms with Gasteiger partial charge in [-0.25, -0.2) is 9.55 Å². The molecule has 4 heteroatoms. The maximum absolute atomic E-state index is 4.05. The zero-order valence-electron chi connectivity index (χ0n) is 5.81. The van der Waals surface area contributed by atoms with Crippen molar-refractivity contribution >= 4 is 0 Å². The molecule has 0 aliphatic heterocycles. The molecule has 0 saturated heterocycles. The van der Waals surface area contributed by atoms with Crippen LogP contribution in [-0.4, -0.2) is 15.0 Å². The molecular formula is C7H7N4+. The van der Waals surface area contributed by atoms with Crippen LogP contribution in [0.1, 0.15) is 0 Å². The summed E-state index contributed by atoms with van der Waals surface area (Å²) in [5.74, 6) is 0.862.